The highest BCUT2D eigenvalue weighted by molar-refractivity contribution is 7.16. The molecular weight excluding hydrogens is 634 g/mol. The smallest absolute Gasteiger partial charge is 0.223 e. The molecule has 49 heavy (non-hydrogen) atoms. The van der Waals surface area contributed by atoms with Gasteiger partial charge in [0.1, 0.15) is 33.9 Å². The monoisotopic (exact) mass is 681 g/mol. The van der Waals surface area contributed by atoms with Gasteiger partial charge in [-0.3, -0.25) is 4.40 Å². The number of hydrogen-bond donors (Lipinski definition) is 2. The maximum atomic E-state index is 13.6. The minimum absolute atomic E-state index is 0.158. The molecule has 0 saturated heterocycles. The third kappa shape index (κ3) is 7.76. The molecule has 0 amide bonds. The minimum atomic E-state index is -0.335. The first kappa shape index (κ1) is 35.9. The van der Waals surface area contributed by atoms with Crippen LogP contribution < -0.4 is 16.0 Å². The van der Waals surface area contributed by atoms with Gasteiger partial charge in [0.05, 0.1) is 5.69 Å². The van der Waals surface area contributed by atoms with E-state index in [0.717, 1.165) is 54.0 Å². The number of nitriles is 1. The summed E-state index contributed by atoms with van der Waals surface area (Å²) in [7, 11) is 1.93. The first-order valence-electron chi connectivity index (χ1n) is 17.2. The van der Waals surface area contributed by atoms with E-state index in [0.29, 0.717) is 46.1 Å². The van der Waals surface area contributed by atoms with Crippen LogP contribution >= 0.6 is 11.3 Å². The standard InChI is InChI=1S/C38H48FN9S/c1-8-11-28(18-19-40)38(6,10-3)24-37(4,5)46-35-42-21-27(22-43-35)26-14-17-32-44-30(9-2)34(48(32)23-26)47(7)36-45-33(31(20-41)49-36)25-12-15-29(39)16-13-25/h12-17,21-23,28H,8-11,18-19,24,40H2,1-7H3,(H,42,43,46). The Kier molecular flexibility index (Phi) is 11.0. The molecule has 0 fully saturated rings. The van der Waals surface area contributed by atoms with Crippen LogP contribution in [0.4, 0.5) is 21.3 Å². The molecule has 4 aromatic heterocycles. The Morgan fingerprint density at radius 3 is 2.31 bits per heavy atom. The highest BCUT2D eigenvalue weighted by Crippen LogP contribution is 2.43. The van der Waals surface area contributed by atoms with Gasteiger partial charge in [0.25, 0.3) is 0 Å². The van der Waals surface area contributed by atoms with Gasteiger partial charge < -0.3 is 16.0 Å². The number of hydrogen-bond acceptors (Lipinski definition) is 9. The number of imidazole rings is 1. The van der Waals surface area contributed by atoms with Gasteiger partial charge in [0, 0.05) is 47.9 Å². The lowest BCUT2D eigenvalue weighted by Crippen LogP contribution is -2.41. The lowest BCUT2D eigenvalue weighted by atomic mass is 9.65. The predicted octanol–water partition coefficient (Wildman–Crippen LogP) is 9.02. The third-order valence-corrected chi connectivity index (χ3v) is 10.7. The summed E-state index contributed by atoms with van der Waals surface area (Å²) in [6, 6.07) is 12.3. The van der Waals surface area contributed by atoms with Crippen molar-refractivity contribution in [1.82, 2.24) is 24.3 Å². The highest BCUT2D eigenvalue weighted by atomic mass is 32.1. The molecule has 2 unspecified atom stereocenters. The summed E-state index contributed by atoms with van der Waals surface area (Å²) < 4.78 is 15.6. The number of rotatable bonds is 15. The van der Waals surface area contributed by atoms with Crippen molar-refractivity contribution >= 4 is 33.9 Å². The van der Waals surface area contributed by atoms with E-state index in [1.54, 1.807) is 12.1 Å². The van der Waals surface area contributed by atoms with Crippen molar-refractivity contribution < 1.29 is 4.39 Å². The normalized spacial score (nSPS) is 13.6. The number of fused-ring (bicyclic) bond motifs is 1. The van der Waals surface area contributed by atoms with E-state index in [-0.39, 0.29) is 16.8 Å². The van der Waals surface area contributed by atoms with Crippen LogP contribution in [0.2, 0.25) is 0 Å². The van der Waals surface area contributed by atoms with Crippen LogP contribution in [0.3, 0.4) is 0 Å². The molecule has 5 aromatic rings. The molecule has 5 rings (SSSR count). The van der Waals surface area contributed by atoms with Crippen molar-refractivity contribution in [2.24, 2.45) is 17.1 Å². The van der Waals surface area contributed by atoms with Crippen molar-refractivity contribution in [1.29, 1.82) is 5.26 Å². The van der Waals surface area contributed by atoms with E-state index in [1.807, 2.05) is 47.1 Å². The molecule has 0 bridgehead atoms. The van der Waals surface area contributed by atoms with Crippen LogP contribution in [0.25, 0.3) is 28.0 Å². The summed E-state index contributed by atoms with van der Waals surface area (Å²) in [6.07, 6.45) is 11.9. The molecule has 0 saturated carbocycles. The fraction of sp³-hybridized carbons (Fsp3) is 0.447. The van der Waals surface area contributed by atoms with E-state index < -0.39 is 0 Å². The maximum Gasteiger partial charge on any atom is 0.223 e. The van der Waals surface area contributed by atoms with Gasteiger partial charge in [0.2, 0.25) is 5.95 Å². The van der Waals surface area contributed by atoms with Crippen LogP contribution in [0.15, 0.2) is 55.0 Å². The quantitative estimate of drug-likeness (QED) is 0.112. The molecule has 3 N–H and O–H groups in total. The minimum Gasteiger partial charge on any atom is -0.349 e. The van der Waals surface area contributed by atoms with Gasteiger partial charge in [0.15, 0.2) is 5.13 Å². The number of thiazole rings is 1. The molecular formula is C38H48FN9S. The summed E-state index contributed by atoms with van der Waals surface area (Å²) in [4.78, 5) is 21.6. The zero-order valence-corrected chi connectivity index (χ0v) is 30.5. The zero-order valence-electron chi connectivity index (χ0n) is 29.7. The van der Waals surface area contributed by atoms with Gasteiger partial charge in [-0.05, 0) is 87.4 Å². The number of pyridine rings is 1. The second kappa shape index (κ2) is 15.0. The topological polar surface area (TPSA) is 121 Å². The number of aryl methyl sites for hydroxylation is 1. The number of halogens is 1. The van der Waals surface area contributed by atoms with Crippen molar-refractivity contribution in [2.75, 3.05) is 23.8 Å². The lowest BCUT2D eigenvalue weighted by Gasteiger charge is -2.43. The van der Waals surface area contributed by atoms with E-state index in [9.17, 15) is 9.65 Å². The second-order valence-corrected chi connectivity index (χ2v) is 14.8. The SMILES string of the molecule is CCCC(CCN)C(C)(CC)CC(C)(C)Nc1ncc(-c2ccc3nc(CC)c(N(C)c4nc(-c5ccc(F)cc5)c(C#N)s4)n3c2)cn1. The molecule has 0 aliphatic heterocycles. The Balaban J connectivity index is 1.41. The van der Waals surface area contributed by atoms with Crippen molar-refractivity contribution in [3.05, 3.63) is 71.4 Å². The number of nitrogens with two attached hydrogens (primary N) is 1. The molecule has 0 aliphatic carbocycles. The molecule has 4 heterocycles. The van der Waals surface area contributed by atoms with E-state index in [4.69, 9.17) is 25.7 Å². The van der Waals surface area contributed by atoms with Crippen LogP contribution in [0, 0.1) is 28.5 Å². The number of benzene rings is 1. The average Bonchev–Trinajstić information content (AvgIpc) is 3.69. The average molecular weight is 682 g/mol. The first-order valence-corrected chi connectivity index (χ1v) is 18.0. The summed E-state index contributed by atoms with van der Waals surface area (Å²) in [5, 5.41) is 14.1. The molecule has 1 aromatic carbocycles. The lowest BCUT2D eigenvalue weighted by molar-refractivity contribution is 0.117. The Hall–Kier alpha value is -4.40. The number of aromatic nitrogens is 5. The summed E-state index contributed by atoms with van der Waals surface area (Å²) in [6.45, 7) is 14.2. The molecule has 9 nitrogen and oxygen atoms in total. The Labute approximate surface area is 293 Å². The van der Waals surface area contributed by atoms with E-state index >= 15 is 0 Å². The molecule has 0 spiro atoms. The fourth-order valence-corrected chi connectivity index (χ4v) is 7.96. The largest absolute Gasteiger partial charge is 0.349 e. The second-order valence-electron chi connectivity index (χ2n) is 13.8. The van der Waals surface area contributed by atoms with Crippen LogP contribution in [-0.2, 0) is 6.42 Å². The Morgan fingerprint density at radius 2 is 1.69 bits per heavy atom. The highest BCUT2D eigenvalue weighted by Gasteiger charge is 2.37. The number of anilines is 3. The number of nitrogens with zero attached hydrogens (tertiary/aromatic N) is 7. The van der Waals surface area contributed by atoms with Gasteiger partial charge in [-0.2, -0.15) is 5.26 Å². The van der Waals surface area contributed by atoms with E-state index in [2.05, 4.69) is 52.9 Å². The Morgan fingerprint density at radius 1 is 1.00 bits per heavy atom. The van der Waals surface area contributed by atoms with Crippen molar-refractivity contribution in [3.8, 4) is 28.5 Å². The van der Waals surface area contributed by atoms with Gasteiger partial charge >= 0.3 is 0 Å². The Bertz CT molecular complexity index is 1900. The van der Waals surface area contributed by atoms with Crippen molar-refractivity contribution in [3.63, 3.8) is 0 Å². The van der Waals surface area contributed by atoms with Crippen LogP contribution in [-0.4, -0.2) is 43.5 Å². The maximum absolute atomic E-state index is 13.6. The molecule has 0 aliphatic rings. The molecule has 11 heteroatoms. The van der Waals surface area contributed by atoms with E-state index in [1.165, 1.54) is 29.9 Å². The third-order valence-electron chi connectivity index (χ3n) is 9.66. The van der Waals surface area contributed by atoms with Crippen molar-refractivity contribution in [2.45, 2.75) is 85.6 Å². The molecule has 258 valence electrons. The molecule has 2 atom stereocenters. The van der Waals surface area contributed by atoms with Crippen LogP contribution in [0.5, 0.6) is 0 Å². The predicted molar refractivity (Wildman–Crippen MR) is 199 cm³/mol. The summed E-state index contributed by atoms with van der Waals surface area (Å²) >= 11 is 1.30. The zero-order chi connectivity index (χ0) is 35.3. The van der Waals surface area contributed by atoms with Gasteiger partial charge in [-0.25, -0.2) is 24.3 Å². The fourth-order valence-electron chi connectivity index (χ4n) is 7.11. The van der Waals surface area contributed by atoms with Crippen LogP contribution in [0.1, 0.15) is 84.2 Å². The molecule has 0 radical (unpaired) electrons. The summed E-state index contributed by atoms with van der Waals surface area (Å²) in [5.41, 5.74) is 10.7. The van der Waals surface area contributed by atoms with Gasteiger partial charge in [-0.15, -0.1) is 0 Å². The summed E-state index contributed by atoms with van der Waals surface area (Å²) in [5.74, 6) is 1.70. The first-order chi connectivity index (χ1) is 23.4. The number of nitrogens with one attached hydrogen (secondary N) is 1. The van der Waals surface area contributed by atoms with Gasteiger partial charge in [-0.1, -0.05) is 58.3 Å².